The molecule has 0 bridgehead atoms. The number of para-hydroxylation sites is 1. The Bertz CT molecular complexity index is 490. The van der Waals surface area contributed by atoms with Crippen molar-refractivity contribution >= 4 is 24.0 Å². The van der Waals surface area contributed by atoms with Gasteiger partial charge in [0.05, 0.1) is 4.92 Å². The van der Waals surface area contributed by atoms with Gasteiger partial charge in [-0.3, -0.25) is 14.9 Å². The Hall–Kier alpha value is -1.66. The van der Waals surface area contributed by atoms with Crippen LogP contribution in [0.4, 0.5) is 5.69 Å². The van der Waals surface area contributed by atoms with Crippen LogP contribution in [0.1, 0.15) is 29.6 Å². The van der Waals surface area contributed by atoms with Crippen LogP contribution in [0.15, 0.2) is 24.3 Å². The summed E-state index contributed by atoms with van der Waals surface area (Å²) in [5, 5.41) is 17.0. The molecule has 1 heterocycles. The maximum absolute atomic E-state index is 12.0. The highest BCUT2D eigenvalue weighted by atomic mass is 35.5. The van der Waals surface area contributed by atoms with E-state index >= 15 is 0 Å². The third-order valence-corrected chi connectivity index (χ3v) is 3.58. The number of benzene rings is 1. The molecule has 1 aliphatic heterocycles. The van der Waals surface area contributed by atoms with Crippen LogP contribution >= 0.6 is 12.4 Å². The summed E-state index contributed by atoms with van der Waals surface area (Å²) >= 11 is 0. The second-order valence-corrected chi connectivity index (χ2v) is 5.03. The molecular formula is C14H20ClN3O3. The second-order valence-electron chi connectivity index (χ2n) is 5.03. The van der Waals surface area contributed by atoms with Gasteiger partial charge in [-0.05, 0) is 44.3 Å². The van der Waals surface area contributed by atoms with Crippen molar-refractivity contribution in [2.24, 2.45) is 5.92 Å². The van der Waals surface area contributed by atoms with Crippen molar-refractivity contribution in [1.82, 2.24) is 10.6 Å². The standard InChI is InChI=1S/C14H19N3O3.ClH/c18-14(12-5-1-2-6-13(12)17(19)20)16-9-7-11-4-3-8-15-10-11;/h1-2,5-6,11,15H,3-4,7-10H2,(H,16,18);1H. The molecule has 0 aliphatic carbocycles. The fourth-order valence-electron chi connectivity index (χ4n) is 2.48. The van der Waals surface area contributed by atoms with Crippen LogP contribution in [0.25, 0.3) is 0 Å². The molecule has 0 aromatic heterocycles. The van der Waals surface area contributed by atoms with Crippen molar-refractivity contribution in [3.8, 4) is 0 Å². The van der Waals surface area contributed by atoms with E-state index in [-0.39, 0.29) is 29.6 Å². The zero-order chi connectivity index (χ0) is 14.4. The number of carbonyl (C=O) groups is 1. The van der Waals surface area contributed by atoms with E-state index in [4.69, 9.17) is 0 Å². The van der Waals surface area contributed by atoms with Crippen molar-refractivity contribution < 1.29 is 9.72 Å². The van der Waals surface area contributed by atoms with Crippen LogP contribution in [0.5, 0.6) is 0 Å². The second kappa shape index (κ2) is 8.59. The van der Waals surface area contributed by atoms with Crippen molar-refractivity contribution in [3.63, 3.8) is 0 Å². The Labute approximate surface area is 129 Å². The topological polar surface area (TPSA) is 84.3 Å². The molecular weight excluding hydrogens is 294 g/mol. The quantitative estimate of drug-likeness (QED) is 0.644. The average molecular weight is 314 g/mol. The minimum Gasteiger partial charge on any atom is -0.352 e. The number of nitrogens with one attached hydrogen (secondary N) is 2. The Morgan fingerprint density at radius 3 is 2.86 bits per heavy atom. The Balaban J connectivity index is 0.00000220. The molecule has 1 atom stereocenters. The minimum absolute atomic E-state index is 0. The van der Waals surface area contributed by atoms with E-state index in [1.165, 1.54) is 25.0 Å². The molecule has 21 heavy (non-hydrogen) atoms. The molecule has 0 radical (unpaired) electrons. The lowest BCUT2D eigenvalue weighted by molar-refractivity contribution is -0.385. The van der Waals surface area contributed by atoms with Gasteiger partial charge in [-0.1, -0.05) is 12.1 Å². The fourth-order valence-corrected chi connectivity index (χ4v) is 2.48. The Kier molecular flexibility index (Phi) is 7.11. The van der Waals surface area contributed by atoms with Crippen molar-refractivity contribution in [2.75, 3.05) is 19.6 Å². The number of halogens is 1. The summed E-state index contributed by atoms with van der Waals surface area (Å²) in [5.41, 5.74) is -0.0244. The van der Waals surface area contributed by atoms with E-state index in [0.717, 1.165) is 19.5 Å². The molecule has 7 heteroatoms. The number of nitrogens with zero attached hydrogens (tertiary/aromatic N) is 1. The molecule has 1 aromatic rings. The molecule has 1 aromatic carbocycles. The monoisotopic (exact) mass is 313 g/mol. The average Bonchev–Trinajstić information content (AvgIpc) is 2.48. The maximum atomic E-state index is 12.0. The lowest BCUT2D eigenvalue weighted by Crippen LogP contribution is -2.33. The number of carbonyl (C=O) groups excluding carboxylic acids is 1. The summed E-state index contributed by atoms with van der Waals surface area (Å²) in [5.74, 6) is 0.205. The summed E-state index contributed by atoms with van der Waals surface area (Å²) in [6, 6.07) is 6.02. The Morgan fingerprint density at radius 1 is 1.43 bits per heavy atom. The van der Waals surface area contributed by atoms with Gasteiger partial charge in [-0.15, -0.1) is 12.4 Å². The largest absolute Gasteiger partial charge is 0.352 e. The molecule has 1 unspecified atom stereocenters. The van der Waals surface area contributed by atoms with Gasteiger partial charge in [0.1, 0.15) is 5.56 Å². The van der Waals surface area contributed by atoms with E-state index < -0.39 is 4.92 Å². The number of rotatable bonds is 5. The molecule has 1 amide bonds. The number of nitro groups is 1. The van der Waals surface area contributed by atoms with Crippen molar-refractivity contribution in [1.29, 1.82) is 0 Å². The van der Waals surface area contributed by atoms with Crippen LogP contribution in [-0.4, -0.2) is 30.5 Å². The first kappa shape index (κ1) is 17.4. The van der Waals surface area contributed by atoms with Gasteiger partial charge >= 0.3 is 0 Å². The zero-order valence-electron chi connectivity index (χ0n) is 11.7. The van der Waals surface area contributed by atoms with E-state index in [1.807, 2.05) is 0 Å². The van der Waals surface area contributed by atoms with Gasteiger partial charge in [0.25, 0.3) is 11.6 Å². The third-order valence-electron chi connectivity index (χ3n) is 3.58. The molecule has 1 saturated heterocycles. The highest BCUT2D eigenvalue weighted by molar-refractivity contribution is 5.98. The van der Waals surface area contributed by atoms with Crippen LogP contribution in [0.2, 0.25) is 0 Å². The normalized spacial score (nSPS) is 17.6. The van der Waals surface area contributed by atoms with E-state index in [9.17, 15) is 14.9 Å². The smallest absolute Gasteiger partial charge is 0.282 e. The SMILES string of the molecule is Cl.O=C(NCCC1CCCNC1)c1ccccc1[N+](=O)[O-]. The molecule has 2 rings (SSSR count). The Morgan fingerprint density at radius 2 is 2.19 bits per heavy atom. The van der Waals surface area contributed by atoms with Crippen molar-refractivity contribution in [2.45, 2.75) is 19.3 Å². The molecule has 1 fully saturated rings. The molecule has 1 aliphatic rings. The third kappa shape index (κ3) is 4.99. The summed E-state index contributed by atoms with van der Waals surface area (Å²) < 4.78 is 0. The lowest BCUT2D eigenvalue weighted by Gasteiger charge is -2.22. The van der Waals surface area contributed by atoms with Gasteiger partial charge in [0, 0.05) is 12.6 Å². The van der Waals surface area contributed by atoms with Crippen LogP contribution < -0.4 is 10.6 Å². The highest BCUT2D eigenvalue weighted by Gasteiger charge is 2.19. The first-order valence-corrected chi connectivity index (χ1v) is 6.91. The van der Waals surface area contributed by atoms with Gasteiger partial charge in [-0.2, -0.15) is 0 Å². The summed E-state index contributed by atoms with van der Waals surface area (Å²) in [4.78, 5) is 22.3. The number of piperidine rings is 1. The number of amides is 1. The zero-order valence-corrected chi connectivity index (χ0v) is 12.5. The van der Waals surface area contributed by atoms with Gasteiger partial charge in [-0.25, -0.2) is 0 Å². The van der Waals surface area contributed by atoms with Gasteiger partial charge < -0.3 is 10.6 Å². The number of hydrogen-bond donors (Lipinski definition) is 2. The van der Waals surface area contributed by atoms with E-state index in [1.54, 1.807) is 12.1 Å². The first-order valence-electron chi connectivity index (χ1n) is 6.91. The van der Waals surface area contributed by atoms with Crippen LogP contribution in [0, 0.1) is 16.0 Å². The van der Waals surface area contributed by atoms with Crippen molar-refractivity contribution in [3.05, 3.63) is 39.9 Å². The first-order chi connectivity index (χ1) is 9.68. The molecule has 6 nitrogen and oxygen atoms in total. The van der Waals surface area contributed by atoms with Gasteiger partial charge in [0.15, 0.2) is 0 Å². The number of hydrogen-bond acceptors (Lipinski definition) is 4. The minimum atomic E-state index is -0.528. The maximum Gasteiger partial charge on any atom is 0.282 e. The summed E-state index contributed by atoms with van der Waals surface area (Å²) in [6.07, 6.45) is 3.25. The van der Waals surface area contributed by atoms with Gasteiger partial charge in [0.2, 0.25) is 0 Å². The summed E-state index contributed by atoms with van der Waals surface area (Å²) in [6.45, 7) is 2.61. The van der Waals surface area contributed by atoms with E-state index in [2.05, 4.69) is 10.6 Å². The highest BCUT2D eigenvalue weighted by Crippen LogP contribution is 2.17. The molecule has 0 saturated carbocycles. The molecule has 116 valence electrons. The predicted molar refractivity (Wildman–Crippen MR) is 82.9 cm³/mol. The van der Waals surface area contributed by atoms with Crippen LogP contribution in [0.3, 0.4) is 0 Å². The molecule has 0 spiro atoms. The molecule has 2 N–H and O–H groups in total. The van der Waals surface area contributed by atoms with Crippen LogP contribution in [-0.2, 0) is 0 Å². The van der Waals surface area contributed by atoms with E-state index in [0.29, 0.717) is 12.5 Å². The summed E-state index contributed by atoms with van der Waals surface area (Å²) in [7, 11) is 0. The lowest BCUT2D eigenvalue weighted by atomic mass is 9.96. The fraction of sp³-hybridized carbons (Fsp3) is 0.500. The number of nitro benzene ring substituents is 1. The predicted octanol–water partition coefficient (Wildman–Crippen LogP) is 2.14.